The van der Waals surface area contributed by atoms with Gasteiger partial charge in [0.15, 0.2) is 0 Å². The van der Waals surface area contributed by atoms with Gasteiger partial charge in [0.25, 0.3) is 0 Å². The predicted molar refractivity (Wildman–Crippen MR) is 177 cm³/mol. The second-order valence-electron chi connectivity index (χ2n) is 10.8. The number of piperazine rings is 1. The Morgan fingerprint density at radius 2 is 1.88 bits per heavy atom. The summed E-state index contributed by atoms with van der Waals surface area (Å²) in [6.45, 7) is 6.90. The van der Waals surface area contributed by atoms with Gasteiger partial charge in [0.2, 0.25) is 5.91 Å². The molecular formula is C31H39BrN4O5S2. The number of amides is 1. The Labute approximate surface area is 270 Å². The molecule has 0 saturated carbocycles. The number of aryl methyl sites for hydroxylation is 1. The summed E-state index contributed by atoms with van der Waals surface area (Å²) in [7, 11) is 5.72. The molecule has 1 amide bonds. The molecule has 0 aliphatic carbocycles. The predicted octanol–water partition coefficient (Wildman–Crippen LogP) is 5.09. The van der Waals surface area contributed by atoms with E-state index in [1.807, 2.05) is 46.8 Å². The van der Waals surface area contributed by atoms with Crippen LogP contribution in [-0.2, 0) is 28.9 Å². The van der Waals surface area contributed by atoms with Crippen LogP contribution < -0.4 is 4.74 Å². The monoisotopic (exact) mass is 690 g/mol. The van der Waals surface area contributed by atoms with Crippen LogP contribution in [0.3, 0.4) is 0 Å². The van der Waals surface area contributed by atoms with Crippen molar-refractivity contribution < 1.29 is 24.2 Å². The van der Waals surface area contributed by atoms with Gasteiger partial charge in [0.1, 0.15) is 16.9 Å². The van der Waals surface area contributed by atoms with Gasteiger partial charge in [-0.3, -0.25) is 9.69 Å². The molecule has 2 saturated heterocycles. The number of aromatic nitrogens is 1. The van der Waals surface area contributed by atoms with Crippen LogP contribution in [0.15, 0.2) is 34.8 Å². The highest BCUT2D eigenvalue weighted by Crippen LogP contribution is 2.42. The standard InChI is InChI=1S/C31H39BrN4O5S2/c1-5-41-31(39)28-25(18-42-15-14-36-26(37)19-43-30(36)20-6-8-21(40-4)9-7-20)34(3)24-16-23(32)29(38)22(27(24)28)17-35-12-10-33(2)11-13-35/h6-9,16,30,38H,5,10-15,17-19H2,1-4H3. The molecule has 2 aromatic carbocycles. The van der Waals surface area contributed by atoms with Crippen molar-refractivity contribution in [1.29, 1.82) is 0 Å². The van der Waals surface area contributed by atoms with Crippen molar-refractivity contribution in [2.45, 2.75) is 24.6 Å². The van der Waals surface area contributed by atoms with E-state index in [0.717, 1.165) is 59.7 Å². The fourth-order valence-electron chi connectivity index (χ4n) is 5.73. The molecule has 1 aromatic heterocycles. The van der Waals surface area contributed by atoms with Crippen molar-refractivity contribution in [2.75, 3.05) is 65.0 Å². The molecule has 5 rings (SSSR count). The fraction of sp³-hybridized carbons (Fsp3) is 0.484. The number of carbonyl (C=O) groups is 2. The summed E-state index contributed by atoms with van der Waals surface area (Å²) in [4.78, 5) is 32.8. The number of ether oxygens (including phenoxy) is 2. The molecule has 1 N–H and O–H groups in total. The molecule has 3 heterocycles. The zero-order chi connectivity index (χ0) is 30.7. The molecule has 0 radical (unpaired) electrons. The van der Waals surface area contributed by atoms with E-state index >= 15 is 0 Å². The number of benzene rings is 2. The second-order valence-corrected chi connectivity index (χ2v) is 13.9. The van der Waals surface area contributed by atoms with Gasteiger partial charge in [0, 0.05) is 74.5 Å². The number of halogens is 1. The van der Waals surface area contributed by atoms with E-state index in [1.165, 1.54) is 0 Å². The third-order valence-corrected chi connectivity index (χ3v) is 11.0. The SMILES string of the molecule is CCOC(=O)c1c(CSCCN2C(=O)CSC2c2ccc(OC)cc2)n(C)c2cc(Br)c(O)c(CN3CCN(C)CC3)c12. The second kappa shape index (κ2) is 14.2. The first-order valence-electron chi connectivity index (χ1n) is 14.5. The number of fused-ring (bicyclic) bond motifs is 1. The summed E-state index contributed by atoms with van der Waals surface area (Å²) >= 11 is 6.89. The molecular weight excluding hydrogens is 652 g/mol. The van der Waals surface area contributed by atoms with Crippen LogP contribution >= 0.6 is 39.5 Å². The first kappa shape index (κ1) is 32.0. The highest BCUT2D eigenvalue weighted by molar-refractivity contribution is 9.10. The molecule has 0 bridgehead atoms. The van der Waals surface area contributed by atoms with E-state index in [4.69, 9.17) is 9.47 Å². The summed E-state index contributed by atoms with van der Waals surface area (Å²) in [5, 5.41) is 12.0. The molecule has 2 aliphatic rings. The number of carbonyl (C=O) groups excluding carboxylic acids is 2. The van der Waals surface area contributed by atoms with Gasteiger partial charge in [0.05, 0.1) is 35.0 Å². The molecule has 2 fully saturated rings. The smallest absolute Gasteiger partial charge is 0.340 e. The van der Waals surface area contributed by atoms with E-state index in [-0.39, 0.29) is 29.6 Å². The minimum absolute atomic E-state index is 0.0239. The topological polar surface area (TPSA) is 87.5 Å². The average Bonchev–Trinajstić information content (AvgIpc) is 3.50. The highest BCUT2D eigenvalue weighted by Gasteiger charge is 2.33. The Morgan fingerprint density at radius 3 is 2.56 bits per heavy atom. The Hall–Kier alpha value is -2.38. The van der Waals surface area contributed by atoms with Gasteiger partial charge in [-0.15, -0.1) is 11.8 Å². The number of likely N-dealkylation sites (N-methyl/N-ethyl adjacent to an activating group) is 1. The highest BCUT2D eigenvalue weighted by atomic mass is 79.9. The number of phenolic OH excluding ortho intramolecular Hbond substituents is 1. The van der Waals surface area contributed by atoms with Crippen LogP contribution in [0, 0.1) is 0 Å². The Kier molecular flexibility index (Phi) is 10.5. The summed E-state index contributed by atoms with van der Waals surface area (Å²) in [5.41, 5.74) is 4.06. The van der Waals surface area contributed by atoms with E-state index in [0.29, 0.717) is 40.4 Å². The Bertz CT molecular complexity index is 1470. The summed E-state index contributed by atoms with van der Waals surface area (Å²) in [6.07, 6.45) is 0. The van der Waals surface area contributed by atoms with Crippen molar-refractivity contribution in [3.05, 3.63) is 57.2 Å². The molecule has 232 valence electrons. The molecule has 2 aliphatic heterocycles. The van der Waals surface area contributed by atoms with E-state index in [1.54, 1.807) is 37.6 Å². The van der Waals surface area contributed by atoms with Gasteiger partial charge in [-0.2, -0.15) is 11.8 Å². The number of aromatic hydroxyl groups is 1. The zero-order valence-corrected chi connectivity index (χ0v) is 28.3. The minimum Gasteiger partial charge on any atom is -0.506 e. The first-order valence-corrected chi connectivity index (χ1v) is 17.5. The lowest BCUT2D eigenvalue weighted by atomic mass is 10.0. The number of hydrogen-bond donors (Lipinski definition) is 1. The zero-order valence-electron chi connectivity index (χ0n) is 25.1. The van der Waals surface area contributed by atoms with Gasteiger partial charge < -0.3 is 28.9 Å². The van der Waals surface area contributed by atoms with Gasteiger partial charge in [-0.1, -0.05) is 12.1 Å². The third kappa shape index (κ3) is 6.83. The summed E-state index contributed by atoms with van der Waals surface area (Å²) in [6, 6.07) is 9.77. The lowest BCUT2D eigenvalue weighted by Crippen LogP contribution is -2.43. The van der Waals surface area contributed by atoms with Gasteiger partial charge in [-0.25, -0.2) is 4.79 Å². The molecule has 9 nitrogen and oxygen atoms in total. The quantitative estimate of drug-likeness (QED) is 0.219. The van der Waals surface area contributed by atoms with Crippen molar-refractivity contribution in [3.8, 4) is 11.5 Å². The number of phenols is 1. The van der Waals surface area contributed by atoms with Crippen molar-refractivity contribution in [3.63, 3.8) is 0 Å². The average molecular weight is 692 g/mol. The van der Waals surface area contributed by atoms with Gasteiger partial charge >= 0.3 is 5.97 Å². The van der Waals surface area contributed by atoms with Crippen molar-refractivity contribution >= 4 is 62.2 Å². The number of hydrogen-bond acceptors (Lipinski definition) is 9. The van der Waals surface area contributed by atoms with Crippen LogP contribution in [0.2, 0.25) is 0 Å². The molecule has 0 spiro atoms. The van der Waals surface area contributed by atoms with Crippen molar-refractivity contribution in [1.82, 2.24) is 19.3 Å². The van der Waals surface area contributed by atoms with Gasteiger partial charge in [-0.05, 0) is 53.7 Å². The molecule has 1 atom stereocenters. The van der Waals surface area contributed by atoms with Crippen LogP contribution in [0.1, 0.15) is 39.5 Å². The normalized spacial score (nSPS) is 18.1. The number of nitrogens with zero attached hydrogens (tertiary/aromatic N) is 4. The van der Waals surface area contributed by atoms with Crippen LogP contribution in [0.25, 0.3) is 10.9 Å². The number of rotatable bonds is 11. The first-order chi connectivity index (χ1) is 20.7. The maximum Gasteiger partial charge on any atom is 0.340 e. The maximum atomic E-state index is 13.5. The minimum atomic E-state index is -0.379. The van der Waals surface area contributed by atoms with Crippen LogP contribution in [0.4, 0.5) is 0 Å². The molecule has 12 heteroatoms. The van der Waals surface area contributed by atoms with E-state index in [9.17, 15) is 14.7 Å². The molecule has 3 aromatic rings. The third-order valence-electron chi connectivity index (χ3n) is 8.18. The number of esters is 1. The number of methoxy groups -OCH3 is 1. The maximum absolute atomic E-state index is 13.5. The molecule has 1 unspecified atom stereocenters. The lowest BCUT2D eigenvalue weighted by molar-refractivity contribution is -0.127. The summed E-state index contributed by atoms with van der Waals surface area (Å²) < 4.78 is 13.5. The molecule has 43 heavy (non-hydrogen) atoms. The van der Waals surface area contributed by atoms with Crippen LogP contribution in [-0.4, -0.2) is 101 Å². The van der Waals surface area contributed by atoms with E-state index < -0.39 is 0 Å². The Morgan fingerprint density at radius 1 is 1.16 bits per heavy atom. The largest absolute Gasteiger partial charge is 0.506 e. The fourth-order valence-corrected chi connectivity index (χ4v) is 8.40. The Balaban J connectivity index is 1.38. The van der Waals surface area contributed by atoms with Crippen LogP contribution in [0.5, 0.6) is 11.5 Å². The van der Waals surface area contributed by atoms with E-state index in [2.05, 4.69) is 32.8 Å². The summed E-state index contributed by atoms with van der Waals surface area (Å²) in [5.74, 6) is 2.45. The van der Waals surface area contributed by atoms with Crippen molar-refractivity contribution in [2.24, 2.45) is 7.05 Å². The lowest BCUT2D eigenvalue weighted by Gasteiger charge is -2.32. The number of thioether (sulfide) groups is 2.